The molecule has 0 amide bonds. The molecule has 82 valence electrons. The van der Waals surface area contributed by atoms with Crippen molar-refractivity contribution >= 4 is 15.9 Å². The lowest BCUT2D eigenvalue weighted by Crippen LogP contribution is -2.20. The third-order valence-corrected chi connectivity index (χ3v) is 4.11. The highest BCUT2D eigenvalue weighted by Crippen LogP contribution is 2.30. The largest absolute Gasteiger partial charge is 0.330 e. The molecule has 0 bridgehead atoms. The van der Waals surface area contributed by atoms with E-state index in [2.05, 4.69) is 25.8 Å². The van der Waals surface area contributed by atoms with Crippen LogP contribution in [0.25, 0.3) is 0 Å². The molecule has 3 rings (SSSR count). The molecular formula is C11H16BrN3. The van der Waals surface area contributed by atoms with Gasteiger partial charge in [0.05, 0.1) is 11.7 Å². The van der Waals surface area contributed by atoms with E-state index in [-0.39, 0.29) is 0 Å². The van der Waals surface area contributed by atoms with Crippen LogP contribution in [-0.2, 0) is 13.0 Å². The number of hydrogen-bond acceptors (Lipinski definition) is 2. The van der Waals surface area contributed by atoms with Crippen molar-refractivity contribution in [3.8, 4) is 0 Å². The Morgan fingerprint density at radius 3 is 3.07 bits per heavy atom. The summed E-state index contributed by atoms with van der Waals surface area (Å²) in [6.45, 7) is 2.30. The van der Waals surface area contributed by atoms with Crippen LogP contribution in [-0.4, -0.2) is 16.1 Å². The first-order valence-corrected chi connectivity index (χ1v) is 6.64. The van der Waals surface area contributed by atoms with Crippen molar-refractivity contribution in [3.63, 3.8) is 0 Å². The van der Waals surface area contributed by atoms with Crippen molar-refractivity contribution in [1.82, 2.24) is 14.9 Å². The molecule has 1 fully saturated rings. The van der Waals surface area contributed by atoms with Crippen molar-refractivity contribution in [2.45, 2.75) is 44.7 Å². The van der Waals surface area contributed by atoms with Crippen molar-refractivity contribution in [2.75, 3.05) is 6.54 Å². The van der Waals surface area contributed by atoms with Gasteiger partial charge in [0.15, 0.2) is 0 Å². The molecule has 0 saturated carbocycles. The Balaban J connectivity index is 1.99. The molecule has 1 aromatic rings. The van der Waals surface area contributed by atoms with E-state index < -0.39 is 0 Å². The summed E-state index contributed by atoms with van der Waals surface area (Å²) in [5.74, 6) is 1.26. The maximum atomic E-state index is 4.69. The summed E-state index contributed by atoms with van der Waals surface area (Å²) in [6, 6.07) is 0.494. The van der Waals surface area contributed by atoms with E-state index in [0.717, 1.165) is 17.7 Å². The highest BCUT2D eigenvalue weighted by molar-refractivity contribution is 9.10. The lowest BCUT2D eigenvalue weighted by Gasteiger charge is -2.19. The standard InChI is InChI=1S/C11H16BrN3/c12-10-9-5-1-2-7-15(9)11(14-10)8-4-3-6-13-8/h8,13H,1-7H2. The summed E-state index contributed by atoms with van der Waals surface area (Å²) < 4.78 is 3.50. The number of imidazole rings is 1. The van der Waals surface area contributed by atoms with Gasteiger partial charge >= 0.3 is 0 Å². The minimum atomic E-state index is 0.494. The van der Waals surface area contributed by atoms with Gasteiger partial charge in [-0.3, -0.25) is 0 Å². The molecule has 15 heavy (non-hydrogen) atoms. The number of rotatable bonds is 1. The average molecular weight is 270 g/mol. The highest BCUT2D eigenvalue weighted by atomic mass is 79.9. The van der Waals surface area contributed by atoms with Crippen molar-refractivity contribution in [2.24, 2.45) is 0 Å². The molecule has 1 unspecified atom stereocenters. The van der Waals surface area contributed by atoms with Gasteiger partial charge in [-0.2, -0.15) is 0 Å². The maximum absolute atomic E-state index is 4.69. The Morgan fingerprint density at radius 1 is 1.33 bits per heavy atom. The lowest BCUT2D eigenvalue weighted by atomic mass is 10.1. The van der Waals surface area contributed by atoms with Crippen LogP contribution in [0.4, 0.5) is 0 Å². The first-order valence-electron chi connectivity index (χ1n) is 5.84. The lowest BCUT2D eigenvalue weighted by molar-refractivity contribution is 0.480. The van der Waals surface area contributed by atoms with Gasteiger partial charge in [0.1, 0.15) is 10.4 Å². The van der Waals surface area contributed by atoms with Crippen LogP contribution in [0.15, 0.2) is 4.60 Å². The fourth-order valence-electron chi connectivity index (χ4n) is 2.70. The van der Waals surface area contributed by atoms with Crippen molar-refractivity contribution < 1.29 is 0 Å². The molecule has 0 spiro atoms. The molecule has 4 heteroatoms. The van der Waals surface area contributed by atoms with Gasteiger partial charge in [-0.25, -0.2) is 4.98 Å². The number of halogens is 1. The smallest absolute Gasteiger partial charge is 0.127 e. The predicted molar refractivity (Wildman–Crippen MR) is 62.8 cm³/mol. The zero-order chi connectivity index (χ0) is 10.3. The molecule has 0 aliphatic carbocycles. The molecule has 0 radical (unpaired) electrons. The highest BCUT2D eigenvalue weighted by Gasteiger charge is 2.26. The summed E-state index contributed by atoms with van der Waals surface area (Å²) in [5.41, 5.74) is 1.41. The Labute approximate surface area is 98.4 Å². The number of aromatic nitrogens is 2. The van der Waals surface area contributed by atoms with E-state index >= 15 is 0 Å². The minimum Gasteiger partial charge on any atom is -0.330 e. The Bertz CT molecular complexity index is 366. The Hall–Kier alpha value is -0.350. The van der Waals surface area contributed by atoms with Gasteiger partial charge in [0, 0.05) is 6.54 Å². The van der Waals surface area contributed by atoms with E-state index in [1.807, 2.05) is 0 Å². The van der Waals surface area contributed by atoms with Crippen LogP contribution in [0.1, 0.15) is 43.2 Å². The van der Waals surface area contributed by atoms with Gasteiger partial charge in [-0.1, -0.05) is 0 Å². The third kappa shape index (κ3) is 1.64. The van der Waals surface area contributed by atoms with Crippen LogP contribution in [0.3, 0.4) is 0 Å². The molecule has 2 aliphatic rings. The maximum Gasteiger partial charge on any atom is 0.127 e. The first-order chi connectivity index (χ1) is 7.36. The van der Waals surface area contributed by atoms with Crippen LogP contribution in [0.5, 0.6) is 0 Å². The average Bonchev–Trinajstić information content (AvgIpc) is 2.87. The van der Waals surface area contributed by atoms with Crippen LogP contribution >= 0.6 is 15.9 Å². The quantitative estimate of drug-likeness (QED) is 0.849. The first kappa shape index (κ1) is 9.85. The number of fused-ring (bicyclic) bond motifs is 1. The second-order valence-corrected chi connectivity index (χ2v) is 5.22. The van der Waals surface area contributed by atoms with E-state index in [1.165, 1.54) is 43.6 Å². The minimum absolute atomic E-state index is 0.494. The van der Waals surface area contributed by atoms with E-state index in [0.29, 0.717) is 6.04 Å². The van der Waals surface area contributed by atoms with Crippen LogP contribution in [0.2, 0.25) is 0 Å². The van der Waals surface area contributed by atoms with E-state index in [1.54, 1.807) is 0 Å². The molecule has 1 atom stereocenters. The third-order valence-electron chi connectivity index (χ3n) is 3.47. The van der Waals surface area contributed by atoms with Gasteiger partial charge in [0.25, 0.3) is 0 Å². The van der Waals surface area contributed by atoms with Gasteiger partial charge < -0.3 is 9.88 Å². The van der Waals surface area contributed by atoms with E-state index in [4.69, 9.17) is 4.98 Å². The fourth-order valence-corrected chi connectivity index (χ4v) is 3.29. The molecule has 1 aromatic heterocycles. The van der Waals surface area contributed by atoms with Gasteiger partial charge in [-0.05, 0) is 54.6 Å². The monoisotopic (exact) mass is 269 g/mol. The summed E-state index contributed by atoms with van der Waals surface area (Å²) in [5, 5.41) is 3.53. The molecular weight excluding hydrogens is 254 g/mol. The zero-order valence-electron chi connectivity index (χ0n) is 8.80. The van der Waals surface area contributed by atoms with Crippen LogP contribution in [0, 0.1) is 0 Å². The number of hydrogen-bond donors (Lipinski definition) is 1. The van der Waals surface area contributed by atoms with E-state index in [9.17, 15) is 0 Å². The molecule has 1 saturated heterocycles. The molecule has 3 heterocycles. The number of nitrogens with one attached hydrogen (secondary N) is 1. The van der Waals surface area contributed by atoms with Crippen LogP contribution < -0.4 is 5.32 Å². The summed E-state index contributed by atoms with van der Waals surface area (Å²) in [7, 11) is 0. The van der Waals surface area contributed by atoms with Gasteiger partial charge in [-0.15, -0.1) is 0 Å². The summed E-state index contributed by atoms with van der Waals surface area (Å²) >= 11 is 3.59. The normalized spacial score (nSPS) is 25.5. The predicted octanol–water partition coefficient (Wildman–Crippen LogP) is 2.41. The fraction of sp³-hybridized carbons (Fsp3) is 0.727. The Kier molecular flexibility index (Phi) is 2.56. The van der Waals surface area contributed by atoms with Crippen molar-refractivity contribution in [3.05, 3.63) is 16.1 Å². The van der Waals surface area contributed by atoms with Gasteiger partial charge in [0.2, 0.25) is 0 Å². The Morgan fingerprint density at radius 2 is 2.27 bits per heavy atom. The number of nitrogens with zero attached hydrogens (tertiary/aromatic N) is 2. The summed E-state index contributed by atoms with van der Waals surface area (Å²) in [4.78, 5) is 4.69. The van der Waals surface area contributed by atoms with Crippen molar-refractivity contribution in [1.29, 1.82) is 0 Å². The molecule has 1 N–H and O–H groups in total. The SMILES string of the molecule is Brc1nc(C2CCCN2)n2c1CCCC2. The second kappa shape index (κ2) is 3.91. The molecule has 2 aliphatic heterocycles. The second-order valence-electron chi connectivity index (χ2n) is 4.47. The topological polar surface area (TPSA) is 29.9 Å². The zero-order valence-corrected chi connectivity index (χ0v) is 10.4. The molecule has 3 nitrogen and oxygen atoms in total. The summed E-state index contributed by atoms with van der Waals surface area (Å²) in [6.07, 6.45) is 6.31. The molecule has 0 aromatic carbocycles.